The first-order valence-electron chi connectivity index (χ1n) is 9.31. The lowest BCUT2D eigenvalue weighted by Gasteiger charge is -2.35. The van der Waals surface area contributed by atoms with Crippen molar-refractivity contribution in [3.8, 4) is 5.75 Å². The fourth-order valence-electron chi connectivity index (χ4n) is 3.83. The number of anilines is 1. The topological polar surface area (TPSA) is 45.7 Å². The van der Waals surface area contributed by atoms with Gasteiger partial charge in [-0.1, -0.05) is 24.2 Å². The number of hydrogen-bond acceptors (Lipinski definition) is 5. The number of hydrogen-bond donors (Lipinski definition) is 0. The van der Waals surface area contributed by atoms with Crippen LogP contribution in [-0.4, -0.2) is 48.6 Å². The van der Waals surface area contributed by atoms with Crippen molar-refractivity contribution in [2.75, 3.05) is 37.7 Å². The van der Waals surface area contributed by atoms with Crippen molar-refractivity contribution in [1.29, 1.82) is 0 Å². The smallest absolute Gasteiger partial charge is 0.225 e. The zero-order valence-corrected chi connectivity index (χ0v) is 15.6. The number of fused-ring (bicyclic) bond motifs is 1. The highest BCUT2D eigenvalue weighted by Crippen LogP contribution is 2.32. The highest BCUT2D eigenvalue weighted by molar-refractivity contribution is 7.22. The number of aromatic nitrogens is 1. The Bertz CT molecular complexity index is 746. The number of thiazole rings is 1. The van der Waals surface area contributed by atoms with Crippen molar-refractivity contribution in [1.82, 2.24) is 9.88 Å². The average Bonchev–Trinajstić information content (AvgIpc) is 3.31. The highest BCUT2D eigenvalue weighted by Gasteiger charge is 2.30. The van der Waals surface area contributed by atoms with Crippen LogP contribution in [0.25, 0.3) is 10.2 Å². The summed E-state index contributed by atoms with van der Waals surface area (Å²) >= 11 is 1.71. The summed E-state index contributed by atoms with van der Waals surface area (Å²) in [7, 11) is 0. The summed E-state index contributed by atoms with van der Waals surface area (Å²) in [5.41, 5.74) is 1.02. The highest BCUT2D eigenvalue weighted by atomic mass is 32.1. The molecule has 1 aliphatic heterocycles. The molecule has 1 aliphatic carbocycles. The van der Waals surface area contributed by atoms with E-state index in [2.05, 4.69) is 15.9 Å². The van der Waals surface area contributed by atoms with E-state index >= 15 is 0 Å². The van der Waals surface area contributed by atoms with Gasteiger partial charge in [-0.25, -0.2) is 4.98 Å². The zero-order chi connectivity index (χ0) is 17.2. The van der Waals surface area contributed by atoms with Gasteiger partial charge in [-0.2, -0.15) is 0 Å². The van der Waals surface area contributed by atoms with Crippen LogP contribution in [0.1, 0.15) is 32.6 Å². The predicted octanol–water partition coefficient (Wildman–Crippen LogP) is 3.53. The van der Waals surface area contributed by atoms with Gasteiger partial charge in [-0.05, 0) is 38.0 Å². The molecule has 1 amide bonds. The van der Waals surface area contributed by atoms with Gasteiger partial charge >= 0.3 is 0 Å². The Balaban J connectivity index is 1.41. The zero-order valence-electron chi connectivity index (χ0n) is 14.7. The fourth-order valence-corrected chi connectivity index (χ4v) is 4.88. The molecule has 0 spiro atoms. The van der Waals surface area contributed by atoms with Crippen LogP contribution in [0, 0.1) is 5.92 Å². The number of nitrogens with zero attached hydrogens (tertiary/aromatic N) is 3. The maximum atomic E-state index is 12.6. The van der Waals surface area contributed by atoms with E-state index in [-0.39, 0.29) is 5.92 Å². The van der Waals surface area contributed by atoms with Gasteiger partial charge in [-0.3, -0.25) is 4.79 Å². The van der Waals surface area contributed by atoms with Crippen molar-refractivity contribution in [3.63, 3.8) is 0 Å². The molecule has 2 aliphatic rings. The quantitative estimate of drug-likeness (QED) is 0.838. The number of benzene rings is 1. The second-order valence-electron chi connectivity index (χ2n) is 6.85. The van der Waals surface area contributed by atoms with Crippen molar-refractivity contribution >= 4 is 32.6 Å². The summed E-state index contributed by atoms with van der Waals surface area (Å²) in [6.07, 6.45) is 4.59. The van der Waals surface area contributed by atoms with Crippen LogP contribution >= 0.6 is 11.3 Å². The molecule has 4 rings (SSSR count). The van der Waals surface area contributed by atoms with Gasteiger partial charge in [-0.15, -0.1) is 0 Å². The first-order chi connectivity index (χ1) is 12.2. The third kappa shape index (κ3) is 3.45. The van der Waals surface area contributed by atoms with E-state index < -0.39 is 0 Å². The van der Waals surface area contributed by atoms with Crippen LogP contribution in [0.3, 0.4) is 0 Å². The Morgan fingerprint density at radius 2 is 2.00 bits per heavy atom. The van der Waals surface area contributed by atoms with Crippen molar-refractivity contribution in [3.05, 3.63) is 18.2 Å². The Morgan fingerprint density at radius 3 is 2.72 bits per heavy atom. The molecule has 5 nitrogen and oxygen atoms in total. The molecule has 0 bridgehead atoms. The van der Waals surface area contributed by atoms with Gasteiger partial charge in [0.2, 0.25) is 5.91 Å². The second kappa shape index (κ2) is 7.20. The summed E-state index contributed by atoms with van der Waals surface area (Å²) < 4.78 is 6.74. The first-order valence-corrected chi connectivity index (χ1v) is 10.1. The minimum atomic E-state index is 0.283. The SMILES string of the molecule is CCOc1ccc2nc(N3CCN(C(=O)C4CCCC4)CC3)sc2c1. The van der Waals surface area contributed by atoms with E-state index in [9.17, 15) is 4.79 Å². The van der Waals surface area contributed by atoms with Crippen molar-refractivity contribution < 1.29 is 9.53 Å². The molecule has 1 aromatic carbocycles. The van der Waals surface area contributed by atoms with Gasteiger partial charge in [0.05, 0.1) is 16.8 Å². The Morgan fingerprint density at radius 1 is 1.24 bits per heavy atom. The molecular formula is C19H25N3O2S. The van der Waals surface area contributed by atoms with Gasteiger partial charge in [0.15, 0.2) is 5.13 Å². The standard InChI is InChI=1S/C19H25N3O2S/c1-2-24-15-7-8-16-17(13-15)25-19(20-16)22-11-9-21(10-12-22)18(23)14-5-3-4-6-14/h7-8,13-14H,2-6,9-12H2,1H3. The molecule has 25 heavy (non-hydrogen) atoms. The van der Waals surface area contributed by atoms with Crippen LogP contribution in [0.15, 0.2) is 18.2 Å². The number of piperazine rings is 1. The molecule has 0 atom stereocenters. The first kappa shape index (κ1) is 16.6. The van der Waals surface area contributed by atoms with Crippen molar-refractivity contribution in [2.24, 2.45) is 5.92 Å². The minimum absolute atomic E-state index is 0.283. The van der Waals surface area contributed by atoms with Gasteiger partial charge < -0.3 is 14.5 Å². The largest absolute Gasteiger partial charge is 0.494 e. The lowest BCUT2D eigenvalue weighted by Crippen LogP contribution is -2.50. The molecule has 2 fully saturated rings. The molecule has 1 saturated heterocycles. The lowest BCUT2D eigenvalue weighted by atomic mass is 10.1. The molecule has 2 aromatic rings. The summed E-state index contributed by atoms with van der Waals surface area (Å²) in [6, 6.07) is 6.08. The van der Waals surface area contributed by atoms with Gasteiger partial charge in [0, 0.05) is 32.1 Å². The van der Waals surface area contributed by atoms with Crippen LogP contribution in [0.2, 0.25) is 0 Å². The number of carbonyl (C=O) groups excluding carboxylic acids is 1. The minimum Gasteiger partial charge on any atom is -0.494 e. The van der Waals surface area contributed by atoms with E-state index in [0.717, 1.165) is 60.1 Å². The maximum Gasteiger partial charge on any atom is 0.225 e. The van der Waals surface area contributed by atoms with E-state index in [1.807, 2.05) is 19.1 Å². The number of rotatable bonds is 4. The number of ether oxygens (including phenoxy) is 1. The maximum absolute atomic E-state index is 12.6. The summed E-state index contributed by atoms with van der Waals surface area (Å²) in [5, 5.41) is 1.05. The van der Waals surface area contributed by atoms with Gasteiger partial charge in [0.1, 0.15) is 5.75 Å². The summed E-state index contributed by atoms with van der Waals surface area (Å²) in [4.78, 5) is 21.7. The molecule has 0 N–H and O–H groups in total. The molecule has 1 saturated carbocycles. The Kier molecular flexibility index (Phi) is 4.79. The molecule has 1 aromatic heterocycles. The molecule has 134 valence electrons. The van der Waals surface area contributed by atoms with Crippen LogP contribution < -0.4 is 9.64 Å². The van der Waals surface area contributed by atoms with Crippen molar-refractivity contribution in [2.45, 2.75) is 32.6 Å². The number of carbonyl (C=O) groups is 1. The third-order valence-electron chi connectivity index (χ3n) is 5.23. The van der Waals surface area contributed by atoms with E-state index in [1.54, 1.807) is 11.3 Å². The molecule has 6 heteroatoms. The van der Waals surface area contributed by atoms with Gasteiger partial charge in [0.25, 0.3) is 0 Å². The normalized spacial score (nSPS) is 18.9. The Hall–Kier alpha value is -1.82. The summed E-state index contributed by atoms with van der Waals surface area (Å²) in [6.45, 7) is 6.04. The molecule has 0 unspecified atom stereocenters. The van der Waals surface area contributed by atoms with Crippen LogP contribution in [0.5, 0.6) is 5.75 Å². The van der Waals surface area contributed by atoms with Crippen LogP contribution in [-0.2, 0) is 4.79 Å². The number of amides is 1. The van der Waals surface area contributed by atoms with E-state index in [1.165, 1.54) is 12.8 Å². The average molecular weight is 359 g/mol. The molecule has 2 heterocycles. The summed E-state index contributed by atoms with van der Waals surface area (Å²) in [5.74, 6) is 1.56. The Labute approximate surface area is 152 Å². The predicted molar refractivity (Wildman–Crippen MR) is 102 cm³/mol. The monoisotopic (exact) mass is 359 g/mol. The molecule has 0 radical (unpaired) electrons. The second-order valence-corrected chi connectivity index (χ2v) is 7.86. The van der Waals surface area contributed by atoms with Crippen LogP contribution in [0.4, 0.5) is 5.13 Å². The fraction of sp³-hybridized carbons (Fsp3) is 0.579. The van der Waals surface area contributed by atoms with E-state index in [0.29, 0.717) is 12.5 Å². The van der Waals surface area contributed by atoms with E-state index in [4.69, 9.17) is 9.72 Å². The lowest BCUT2D eigenvalue weighted by molar-refractivity contribution is -0.135. The molecular weight excluding hydrogens is 334 g/mol. The third-order valence-corrected chi connectivity index (χ3v) is 6.30.